The fourth-order valence-corrected chi connectivity index (χ4v) is 3.45. The first kappa shape index (κ1) is 12.9. The summed E-state index contributed by atoms with van der Waals surface area (Å²) in [4.78, 5) is 14.6. The number of hydrogen-bond acceptors (Lipinski definition) is 2. The van der Waals surface area contributed by atoms with Gasteiger partial charge in [0.2, 0.25) is 5.91 Å². The topological polar surface area (TPSA) is 46.3 Å². The summed E-state index contributed by atoms with van der Waals surface area (Å²) in [5, 5.41) is 0. The number of carbonyl (C=O) groups is 1. The molecule has 3 heteroatoms. The van der Waals surface area contributed by atoms with Crippen LogP contribution in [0.1, 0.15) is 58.3 Å². The van der Waals surface area contributed by atoms with Crippen molar-refractivity contribution in [3.63, 3.8) is 0 Å². The minimum atomic E-state index is -0.0751. The van der Waals surface area contributed by atoms with E-state index in [0.29, 0.717) is 18.0 Å². The molecule has 0 aromatic heterocycles. The molecule has 0 spiro atoms. The molecule has 0 bridgehead atoms. The Kier molecular flexibility index (Phi) is 3.76. The average molecular weight is 238 g/mol. The Balaban J connectivity index is 1.95. The van der Waals surface area contributed by atoms with Gasteiger partial charge in [0.25, 0.3) is 0 Å². The summed E-state index contributed by atoms with van der Waals surface area (Å²) in [7, 11) is 1.99. The van der Waals surface area contributed by atoms with Gasteiger partial charge < -0.3 is 10.6 Å². The third-order valence-electron chi connectivity index (χ3n) is 4.83. The first-order valence-corrected chi connectivity index (χ1v) is 7.06. The van der Waals surface area contributed by atoms with E-state index >= 15 is 0 Å². The number of nitrogens with zero attached hydrogens (tertiary/aromatic N) is 1. The fourth-order valence-electron chi connectivity index (χ4n) is 3.45. The Morgan fingerprint density at radius 1 is 1.18 bits per heavy atom. The molecule has 0 aromatic rings. The van der Waals surface area contributed by atoms with Gasteiger partial charge in [-0.2, -0.15) is 0 Å². The number of carbonyl (C=O) groups excluding carboxylic acids is 1. The van der Waals surface area contributed by atoms with Gasteiger partial charge in [0.1, 0.15) is 0 Å². The molecule has 0 aliphatic heterocycles. The molecule has 2 aliphatic rings. The highest BCUT2D eigenvalue weighted by Gasteiger charge is 2.40. The fraction of sp³-hybridized carbons (Fsp3) is 0.929. The molecule has 0 aromatic carbocycles. The van der Waals surface area contributed by atoms with Crippen molar-refractivity contribution in [3.05, 3.63) is 0 Å². The average Bonchev–Trinajstić information content (AvgIpc) is 2.76. The maximum Gasteiger partial charge on any atom is 0.228 e. The van der Waals surface area contributed by atoms with E-state index in [1.807, 2.05) is 11.9 Å². The summed E-state index contributed by atoms with van der Waals surface area (Å²) in [6, 6.07) is 0.788. The molecule has 2 fully saturated rings. The highest BCUT2D eigenvalue weighted by Crippen LogP contribution is 2.40. The van der Waals surface area contributed by atoms with Gasteiger partial charge >= 0.3 is 0 Å². The summed E-state index contributed by atoms with van der Waals surface area (Å²) in [6.07, 6.45) is 8.87. The van der Waals surface area contributed by atoms with Gasteiger partial charge in [0.15, 0.2) is 0 Å². The zero-order valence-corrected chi connectivity index (χ0v) is 11.2. The van der Waals surface area contributed by atoms with Crippen molar-refractivity contribution < 1.29 is 4.79 Å². The number of rotatable bonds is 2. The van der Waals surface area contributed by atoms with Crippen LogP contribution in [0.25, 0.3) is 0 Å². The molecular formula is C14H26N2O. The van der Waals surface area contributed by atoms with E-state index in [1.54, 1.807) is 0 Å². The van der Waals surface area contributed by atoms with E-state index in [-0.39, 0.29) is 5.41 Å². The Morgan fingerprint density at radius 2 is 1.71 bits per heavy atom. The zero-order valence-electron chi connectivity index (χ0n) is 11.2. The van der Waals surface area contributed by atoms with Crippen molar-refractivity contribution in [2.45, 2.75) is 70.4 Å². The van der Waals surface area contributed by atoms with Gasteiger partial charge in [-0.15, -0.1) is 0 Å². The van der Waals surface area contributed by atoms with Crippen LogP contribution in [-0.4, -0.2) is 29.9 Å². The van der Waals surface area contributed by atoms with Gasteiger partial charge in [-0.3, -0.25) is 4.79 Å². The third-order valence-corrected chi connectivity index (χ3v) is 4.83. The number of amides is 1. The predicted octanol–water partition coefficient (Wildman–Crippen LogP) is 2.29. The van der Waals surface area contributed by atoms with Crippen LogP contribution in [0.2, 0.25) is 0 Å². The number of nitrogens with two attached hydrogens (primary N) is 1. The van der Waals surface area contributed by atoms with Crippen LogP contribution in [0.3, 0.4) is 0 Å². The minimum absolute atomic E-state index is 0.0751. The first-order valence-electron chi connectivity index (χ1n) is 7.06. The van der Waals surface area contributed by atoms with Crippen LogP contribution in [0.15, 0.2) is 0 Å². The lowest BCUT2D eigenvalue weighted by Crippen LogP contribution is -2.47. The molecule has 1 amide bonds. The Labute approximate surface area is 105 Å². The Morgan fingerprint density at radius 3 is 2.24 bits per heavy atom. The van der Waals surface area contributed by atoms with Gasteiger partial charge in [-0.25, -0.2) is 0 Å². The van der Waals surface area contributed by atoms with E-state index in [1.165, 1.54) is 12.8 Å². The predicted molar refractivity (Wildman–Crippen MR) is 69.6 cm³/mol. The van der Waals surface area contributed by atoms with Crippen LogP contribution < -0.4 is 5.73 Å². The van der Waals surface area contributed by atoms with E-state index in [0.717, 1.165) is 38.5 Å². The van der Waals surface area contributed by atoms with Crippen LogP contribution in [0, 0.1) is 5.41 Å². The third kappa shape index (κ3) is 2.65. The van der Waals surface area contributed by atoms with Crippen molar-refractivity contribution >= 4 is 5.91 Å². The van der Waals surface area contributed by atoms with Crippen molar-refractivity contribution in [3.8, 4) is 0 Å². The molecule has 2 rings (SSSR count). The lowest BCUT2D eigenvalue weighted by molar-refractivity contribution is -0.142. The Hall–Kier alpha value is -0.570. The van der Waals surface area contributed by atoms with Gasteiger partial charge in [-0.05, 0) is 38.5 Å². The maximum absolute atomic E-state index is 12.5. The van der Waals surface area contributed by atoms with E-state index < -0.39 is 0 Å². The molecule has 2 N–H and O–H groups in total. The van der Waals surface area contributed by atoms with Gasteiger partial charge in [0.05, 0.1) is 0 Å². The smallest absolute Gasteiger partial charge is 0.228 e. The quantitative estimate of drug-likeness (QED) is 0.802. The standard InChI is InChI=1S/C14H26N2O/c1-14(9-3-4-10-14)13(17)16(2)12-7-5-11(15)6-8-12/h11-12H,3-10,15H2,1-2H3. The van der Waals surface area contributed by atoms with Crippen molar-refractivity contribution in [2.24, 2.45) is 11.1 Å². The largest absolute Gasteiger partial charge is 0.342 e. The minimum Gasteiger partial charge on any atom is -0.342 e. The summed E-state index contributed by atoms with van der Waals surface area (Å²) in [5.74, 6) is 0.371. The van der Waals surface area contributed by atoms with Gasteiger partial charge in [0, 0.05) is 24.5 Å². The zero-order chi connectivity index (χ0) is 12.5. The molecule has 0 unspecified atom stereocenters. The second-order valence-electron chi connectivity index (χ2n) is 6.25. The molecule has 17 heavy (non-hydrogen) atoms. The van der Waals surface area contributed by atoms with Crippen LogP contribution in [0.5, 0.6) is 0 Å². The van der Waals surface area contributed by atoms with Crippen molar-refractivity contribution in [1.29, 1.82) is 0 Å². The summed E-state index contributed by atoms with van der Waals surface area (Å²) in [6.45, 7) is 2.15. The highest BCUT2D eigenvalue weighted by molar-refractivity contribution is 5.82. The SMILES string of the molecule is CN(C(=O)C1(C)CCCC1)C1CCC(N)CC1. The van der Waals surface area contributed by atoms with E-state index in [4.69, 9.17) is 5.73 Å². The second-order valence-corrected chi connectivity index (χ2v) is 6.25. The summed E-state index contributed by atoms with van der Waals surface area (Å²) < 4.78 is 0. The Bertz CT molecular complexity index is 276. The monoisotopic (exact) mass is 238 g/mol. The highest BCUT2D eigenvalue weighted by atomic mass is 16.2. The molecule has 2 aliphatic carbocycles. The van der Waals surface area contributed by atoms with Crippen LogP contribution in [-0.2, 0) is 4.79 Å². The molecule has 3 nitrogen and oxygen atoms in total. The summed E-state index contributed by atoms with van der Waals surface area (Å²) >= 11 is 0. The molecule has 2 saturated carbocycles. The molecular weight excluding hydrogens is 212 g/mol. The molecule has 0 atom stereocenters. The van der Waals surface area contributed by atoms with Crippen LogP contribution >= 0.6 is 0 Å². The van der Waals surface area contributed by atoms with Gasteiger partial charge in [-0.1, -0.05) is 19.8 Å². The maximum atomic E-state index is 12.5. The lowest BCUT2D eigenvalue weighted by Gasteiger charge is -2.37. The van der Waals surface area contributed by atoms with Crippen molar-refractivity contribution in [1.82, 2.24) is 4.90 Å². The number of hydrogen-bond donors (Lipinski definition) is 1. The van der Waals surface area contributed by atoms with Crippen molar-refractivity contribution in [2.75, 3.05) is 7.05 Å². The lowest BCUT2D eigenvalue weighted by atomic mass is 9.85. The first-order chi connectivity index (χ1) is 8.03. The second kappa shape index (κ2) is 4.97. The molecule has 0 heterocycles. The normalized spacial score (nSPS) is 32.4. The molecule has 98 valence electrons. The molecule has 0 saturated heterocycles. The summed E-state index contributed by atoms with van der Waals surface area (Å²) in [5.41, 5.74) is 5.84. The van der Waals surface area contributed by atoms with Crippen LogP contribution in [0.4, 0.5) is 0 Å². The van der Waals surface area contributed by atoms with E-state index in [9.17, 15) is 4.79 Å². The molecule has 0 radical (unpaired) electrons. The van der Waals surface area contributed by atoms with E-state index in [2.05, 4.69) is 6.92 Å².